The first-order valence-corrected chi connectivity index (χ1v) is 12.9. The van der Waals surface area contributed by atoms with Crippen molar-refractivity contribution in [3.63, 3.8) is 0 Å². The molecule has 0 fully saturated rings. The van der Waals surface area contributed by atoms with Gasteiger partial charge in [0.15, 0.2) is 0 Å². The molecule has 0 spiro atoms. The lowest BCUT2D eigenvalue weighted by Gasteiger charge is -2.41. The Kier molecular flexibility index (Phi) is 13.3. The second kappa shape index (κ2) is 13.3. The third-order valence-corrected chi connectivity index (χ3v) is 9.69. The van der Waals surface area contributed by atoms with Crippen LogP contribution >= 0.6 is 0 Å². The quantitative estimate of drug-likeness (QED) is 0.275. The van der Waals surface area contributed by atoms with Crippen molar-refractivity contribution in [2.24, 2.45) is 65.1 Å². The van der Waals surface area contributed by atoms with Gasteiger partial charge < -0.3 is 0 Å². The largest absolute Gasteiger partial charge is 0.0651 e. The predicted molar refractivity (Wildman–Crippen MR) is 131 cm³/mol. The van der Waals surface area contributed by atoms with Gasteiger partial charge in [0.05, 0.1) is 0 Å². The van der Waals surface area contributed by atoms with Gasteiger partial charge >= 0.3 is 0 Å². The van der Waals surface area contributed by atoms with Crippen LogP contribution in [0.2, 0.25) is 0 Å². The summed E-state index contributed by atoms with van der Waals surface area (Å²) in [6, 6.07) is 0. The average Bonchev–Trinajstić information content (AvgIpc) is 2.67. The standard InChI is InChI=1S/C28H58/c1-14-19(4)21(6)23(8)25(10)27(12)28(13)26(11)24(9)22(7)20(5)17-15-16-18(2)3/h18-28H,14-17H2,1-13H3. The second-order valence-corrected chi connectivity index (χ2v) is 11.6. The topological polar surface area (TPSA) is 0 Å². The second-order valence-electron chi connectivity index (χ2n) is 11.6. The van der Waals surface area contributed by atoms with E-state index >= 15 is 0 Å². The molecule has 28 heavy (non-hydrogen) atoms. The molecule has 0 aromatic rings. The van der Waals surface area contributed by atoms with E-state index in [0.717, 1.165) is 65.1 Å². The molecule has 10 atom stereocenters. The van der Waals surface area contributed by atoms with Crippen molar-refractivity contribution in [3.05, 3.63) is 0 Å². The van der Waals surface area contributed by atoms with E-state index in [9.17, 15) is 0 Å². The SMILES string of the molecule is CCC(C)C(C)C(C)C(C)C(C)C(C)C(C)C(C)C(C)C(C)CCCC(C)C. The molecule has 0 aliphatic rings. The van der Waals surface area contributed by atoms with Gasteiger partial charge in [0.1, 0.15) is 0 Å². The van der Waals surface area contributed by atoms with Crippen molar-refractivity contribution in [2.75, 3.05) is 0 Å². The lowest BCUT2D eigenvalue weighted by Crippen LogP contribution is -2.34. The average molecular weight is 395 g/mol. The molecule has 0 rings (SSSR count). The molecule has 0 saturated heterocycles. The zero-order valence-electron chi connectivity index (χ0n) is 22.2. The van der Waals surface area contributed by atoms with Gasteiger partial charge in [-0.1, -0.05) is 116 Å². The minimum atomic E-state index is 0.793. The maximum Gasteiger partial charge on any atom is -0.0386 e. The molecule has 0 aromatic heterocycles. The molecular formula is C28H58. The van der Waals surface area contributed by atoms with Crippen LogP contribution in [-0.4, -0.2) is 0 Å². The highest BCUT2D eigenvalue weighted by Gasteiger charge is 2.34. The Bertz CT molecular complexity index is 383. The molecule has 0 aliphatic heterocycles. The van der Waals surface area contributed by atoms with Crippen LogP contribution < -0.4 is 0 Å². The third kappa shape index (κ3) is 8.39. The summed E-state index contributed by atoms with van der Waals surface area (Å²) in [7, 11) is 0. The van der Waals surface area contributed by atoms with E-state index in [0.29, 0.717) is 0 Å². The fraction of sp³-hybridized carbons (Fsp3) is 1.00. The molecule has 0 heterocycles. The van der Waals surface area contributed by atoms with Crippen LogP contribution in [0, 0.1) is 65.1 Å². The van der Waals surface area contributed by atoms with E-state index in [1.54, 1.807) is 0 Å². The van der Waals surface area contributed by atoms with Crippen molar-refractivity contribution >= 4 is 0 Å². The van der Waals surface area contributed by atoms with Crippen LogP contribution in [0.15, 0.2) is 0 Å². The highest BCUT2D eigenvalue weighted by Crippen LogP contribution is 2.41. The minimum Gasteiger partial charge on any atom is -0.0651 e. The van der Waals surface area contributed by atoms with Crippen LogP contribution in [0.1, 0.15) is 116 Å². The monoisotopic (exact) mass is 394 g/mol. The fourth-order valence-electron chi connectivity index (χ4n) is 5.39. The van der Waals surface area contributed by atoms with Crippen LogP contribution in [0.25, 0.3) is 0 Å². The molecular weight excluding hydrogens is 336 g/mol. The predicted octanol–water partition coefficient (Wildman–Crippen LogP) is 9.58. The van der Waals surface area contributed by atoms with Crippen molar-refractivity contribution in [2.45, 2.75) is 116 Å². The summed E-state index contributed by atoms with van der Waals surface area (Å²) in [4.78, 5) is 0. The smallest absolute Gasteiger partial charge is 0.0386 e. The first kappa shape index (κ1) is 28.0. The van der Waals surface area contributed by atoms with E-state index in [1.807, 2.05) is 0 Å². The molecule has 10 unspecified atom stereocenters. The molecule has 0 N–H and O–H groups in total. The third-order valence-electron chi connectivity index (χ3n) is 9.69. The summed E-state index contributed by atoms with van der Waals surface area (Å²) in [6.07, 6.45) is 5.50. The van der Waals surface area contributed by atoms with Gasteiger partial charge in [0, 0.05) is 0 Å². The molecule has 170 valence electrons. The van der Waals surface area contributed by atoms with Gasteiger partial charge in [-0.05, 0) is 65.1 Å². The molecule has 0 nitrogen and oxygen atoms in total. The maximum absolute atomic E-state index is 2.54. The van der Waals surface area contributed by atoms with E-state index < -0.39 is 0 Å². The fourth-order valence-corrected chi connectivity index (χ4v) is 5.39. The van der Waals surface area contributed by atoms with Gasteiger partial charge in [-0.15, -0.1) is 0 Å². The van der Waals surface area contributed by atoms with E-state index in [4.69, 9.17) is 0 Å². The van der Waals surface area contributed by atoms with E-state index in [-0.39, 0.29) is 0 Å². The highest BCUT2D eigenvalue weighted by molar-refractivity contribution is 4.83. The number of hydrogen-bond donors (Lipinski definition) is 0. The zero-order valence-corrected chi connectivity index (χ0v) is 22.2. The molecule has 0 bridgehead atoms. The number of hydrogen-bond acceptors (Lipinski definition) is 0. The van der Waals surface area contributed by atoms with E-state index in [1.165, 1.54) is 25.7 Å². The normalized spacial score (nSPS) is 23.4. The summed E-state index contributed by atoms with van der Waals surface area (Å²) in [5, 5.41) is 0. The Hall–Kier alpha value is 0. The Morgan fingerprint density at radius 3 is 1.04 bits per heavy atom. The highest BCUT2D eigenvalue weighted by atomic mass is 14.4. The maximum atomic E-state index is 2.54. The first-order valence-electron chi connectivity index (χ1n) is 12.9. The lowest BCUT2D eigenvalue weighted by atomic mass is 9.65. The summed E-state index contributed by atoms with van der Waals surface area (Å²) in [6.45, 7) is 32.2. The number of rotatable bonds is 14. The zero-order chi connectivity index (χ0) is 22.2. The molecule has 0 aliphatic carbocycles. The summed E-state index contributed by atoms with van der Waals surface area (Å²) < 4.78 is 0. The molecule has 0 aromatic carbocycles. The van der Waals surface area contributed by atoms with Gasteiger partial charge in [-0.25, -0.2) is 0 Å². The van der Waals surface area contributed by atoms with Crippen molar-refractivity contribution in [3.8, 4) is 0 Å². The van der Waals surface area contributed by atoms with Crippen molar-refractivity contribution in [1.29, 1.82) is 0 Å². The Morgan fingerprint density at radius 1 is 0.393 bits per heavy atom. The van der Waals surface area contributed by atoms with Crippen molar-refractivity contribution in [1.82, 2.24) is 0 Å². The lowest BCUT2D eigenvalue weighted by molar-refractivity contribution is 0.0801. The van der Waals surface area contributed by atoms with E-state index in [2.05, 4.69) is 90.0 Å². The van der Waals surface area contributed by atoms with Crippen LogP contribution in [0.4, 0.5) is 0 Å². The van der Waals surface area contributed by atoms with Crippen LogP contribution in [0.5, 0.6) is 0 Å². The summed E-state index contributed by atoms with van der Waals surface area (Å²) in [5.41, 5.74) is 0. The Morgan fingerprint density at radius 2 is 0.714 bits per heavy atom. The molecule has 0 radical (unpaired) electrons. The summed E-state index contributed by atoms with van der Waals surface area (Å²) >= 11 is 0. The molecule has 0 heteroatoms. The van der Waals surface area contributed by atoms with Gasteiger partial charge in [-0.3, -0.25) is 0 Å². The first-order chi connectivity index (χ1) is 12.9. The minimum absolute atomic E-state index is 0.793. The molecule has 0 amide bonds. The summed E-state index contributed by atoms with van der Waals surface area (Å²) in [5.74, 6) is 8.97. The molecule has 0 saturated carbocycles. The van der Waals surface area contributed by atoms with Crippen LogP contribution in [0.3, 0.4) is 0 Å². The van der Waals surface area contributed by atoms with Crippen molar-refractivity contribution < 1.29 is 0 Å². The Balaban J connectivity index is 4.85. The van der Waals surface area contributed by atoms with Crippen LogP contribution in [-0.2, 0) is 0 Å². The Labute approximate surface area is 181 Å². The van der Waals surface area contributed by atoms with Gasteiger partial charge in [0.25, 0.3) is 0 Å². The van der Waals surface area contributed by atoms with Gasteiger partial charge in [0.2, 0.25) is 0 Å². The van der Waals surface area contributed by atoms with Gasteiger partial charge in [-0.2, -0.15) is 0 Å².